The fourth-order valence-corrected chi connectivity index (χ4v) is 5.27. The summed E-state index contributed by atoms with van der Waals surface area (Å²) in [5, 5.41) is 21.9. The summed E-state index contributed by atoms with van der Waals surface area (Å²) in [6, 6.07) is 17.4. The number of amides is 1. The standard InChI is InChI=1S/C23H22N2O3S/c1-3-28-18-10-8-17(9-11-18)23(27)14-29-22-20(13-24)19(12-21(26)25(22)23)16-6-4-15(2)5-7-16/h4-11,19,27H,3,12,14H2,1-2H3/t19-,23+/m0/s1. The minimum absolute atomic E-state index is 0.162. The Hall–Kier alpha value is -2.75. The van der Waals surface area contributed by atoms with Gasteiger partial charge >= 0.3 is 0 Å². The summed E-state index contributed by atoms with van der Waals surface area (Å²) in [6.07, 6.45) is 0.162. The minimum atomic E-state index is -1.47. The van der Waals surface area contributed by atoms with E-state index >= 15 is 0 Å². The van der Waals surface area contributed by atoms with Gasteiger partial charge in [-0.3, -0.25) is 9.69 Å². The Labute approximate surface area is 174 Å². The van der Waals surface area contributed by atoms with Crippen molar-refractivity contribution in [1.82, 2.24) is 4.90 Å². The molecule has 148 valence electrons. The van der Waals surface area contributed by atoms with Gasteiger partial charge in [0, 0.05) is 17.9 Å². The molecule has 2 aromatic rings. The fraction of sp³-hybridized carbons (Fsp3) is 0.304. The largest absolute Gasteiger partial charge is 0.494 e. The van der Waals surface area contributed by atoms with Crippen LogP contribution >= 0.6 is 11.8 Å². The molecule has 4 rings (SSSR count). The summed E-state index contributed by atoms with van der Waals surface area (Å²) in [4.78, 5) is 14.5. The number of aliphatic hydroxyl groups is 1. The summed E-state index contributed by atoms with van der Waals surface area (Å²) in [7, 11) is 0. The molecule has 2 aliphatic heterocycles. The number of ether oxygens (including phenoxy) is 1. The van der Waals surface area contributed by atoms with Crippen molar-refractivity contribution >= 4 is 17.7 Å². The SMILES string of the molecule is CCOc1ccc([C@]2(O)CSC3=C(C#N)[C@H](c4ccc(C)cc4)CC(=O)N32)cc1. The normalized spacial score (nSPS) is 23.7. The number of nitriles is 1. The number of thioether (sulfide) groups is 1. The maximum Gasteiger partial charge on any atom is 0.231 e. The van der Waals surface area contributed by atoms with E-state index < -0.39 is 5.72 Å². The molecule has 0 spiro atoms. The van der Waals surface area contributed by atoms with Crippen LogP contribution in [0.5, 0.6) is 5.75 Å². The van der Waals surface area contributed by atoms with Gasteiger partial charge in [0.1, 0.15) is 5.75 Å². The molecule has 0 unspecified atom stereocenters. The first-order valence-corrected chi connectivity index (χ1v) is 10.6. The molecule has 2 aliphatic rings. The van der Waals surface area contributed by atoms with Gasteiger partial charge in [0.2, 0.25) is 5.91 Å². The lowest BCUT2D eigenvalue weighted by molar-refractivity contribution is -0.149. The highest BCUT2D eigenvalue weighted by molar-refractivity contribution is 8.03. The molecule has 0 bridgehead atoms. The highest BCUT2D eigenvalue weighted by Crippen LogP contribution is 2.51. The monoisotopic (exact) mass is 406 g/mol. The molecule has 5 nitrogen and oxygen atoms in total. The van der Waals surface area contributed by atoms with Crippen molar-refractivity contribution in [3.63, 3.8) is 0 Å². The number of allylic oxidation sites excluding steroid dienone is 1. The zero-order valence-electron chi connectivity index (χ0n) is 16.4. The molecule has 0 saturated carbocycles. The van der Waals surface area contributed by atoms with E-state index in [2.05, 4.69) is 6.07 Å². The van der Waals surface area contributed by atoms with Crippen LogP contribution in [0.4, 0.5) is 0 Å². The van der Waals surface area contributed by atoms with Crippen LogP contribution in [0.1, 0.15) is 36.0 Å². The van der Waals surface area contributed by atoms with Crippen LogP contribution in [0.25, 0.3) is 0 Å². The first-order valence-electron chi connectivity index (χ1n) is 9.60. The van der Waals surface area contributed by atoms with E-state index in [1.54, 1.807) is 24.3 Å². The number of hydrogen-bond donors (Lipinski definition) is 1. The highest BCUT2D eigenvalue weighted by Gasteiger charge is 2.51. The van der Waals surface area contributed by atoms with Crippen LogP contribution in [-0.2, 0) is 10.5 Å². The Morgan fingerprint density at radius 2 is 1.93 bits per heavy atom. The lowest BCUT2D eigenvalue weighted by Gasteiger charge is -2.38. The van der Waals surface area contributed by atoms with Gasteiger partial charge in [0.05, 0.1) is 29.0 Å². The maximum atomic E-state index is 13.1. The number of rotatable bonds is 4. The van der Waals surface area contributed by atoms with Crippen LogP contribution in [0.2, 0.25) is 0 Å². The van der Waals surface area contributed by atoms with Crippen molar-refractivity contribution in [1.29, 1.82) is 5.26 Å². The van der Waals surface area contributed by atoms with Crippen molar-refractivity contribution < 1.29 is 14.6 Å². The van der Waals surface area contributed by atoms with Gasteiger partial charge in [0.15, 0.2) is 5.72 Å². The summed E-state index contributed by atoms with van der Waals surface area (Å²) in [5.74, 6) is 0.539. The first kappa shape index (κ1) is 19.6. The molecule has 1 saturated heterocycles. The molecule has 0 aliphatic carbocycles. The third kappa shape index (κ3) is 3.31. The van der Waals surface area contributed by atoms with Gasteiger partial charge < -0.3 is 9.84 Å². The van der Waals surface area contributed by atoms with Gasteiger partial charge in [-0.1, -0.05) is 42.0 Å². The van der Waals surface area contributed by atoms with Gasteiger partial charge in [-0.05, 0) is 31.5 Å². The zero-order valence-corrected chi connectivity index (χ0v) is 17.2. The Morgan fingerprint density at radius 1 is 1.24 bits per heavy atom. The Bertz CT molecular complexity index is 1010. The van der Waals surface area contributed by atoms with Crippen LogP contribution < -0.4 is 4.74 Å². The topological polar surface area (TPSA) is 73.6 Å². The Kier molecular flexibility index (Phi) is 5.12. The third-order valence-corrected chi connectivity index (χ3v) is 6.64. The minimum Gasteiger partial charge on any atom is -0.494 e. The molecule has 0 aromatic heterocycles. The lowest BCUT2D eigenvalue weighted by atomic mass is 9.85. The summed E-state index contributed by atoms with van der Waals surface area (Å²) in [5.41, 5.74) is 1.76. The van der Waals surface area contributed by atoms with Crippen LogP contribution in [0.15, 0.2) is 59.1 Å². The van der Waals surface area contributed by atoms with Crippen LogP contribution in [0, 0.1) is 18.3 Å². The van der Waals surface area contributed by atoms with Crippen LogP contribution in [0.3, 0.4) is 0 Å². The van der Waals surface area contributed by atoms with E-state index in [1.165, 1.54) is 16.7 Å². The second kappa shape index (κ2) is 7.58. The first-order chi connectivity index (χ1) is 14.0. The molecule has 2 heterocycles. The predicted octanol–water partition coefficient (Wildman–Crippen LogP) is 4.04. The molecule has 2 aromatic carbocycles. The van der Waals surface area contributed by atoms with Gasteiger partial charge in [-0.15, -0.1) is 11.8 Å². The van der Waals surface area contributed by atoms with E-state index in [0.29, 0.717) is 28.5 Å². The molecule has 0 radical (unpaired) electrons. The highest BCUT2D eigenvalue weighted by atomic mass is 32.2. The van der Waals surface area contributed by atoms with Crippen molar-refractivity contribution in [2.24, 2.45) is 0 Å². The van der Waals surface area contributed by atoms with E-state index in [4.69, 9.17) is 4.74 Å². The molecule has 1 N–H and O–H groups in total. The number of hydrogen-bond acceptors (Lipinski definition) is 5. The van der Waals surface area contributed by atoms with E-state index in [-0.39, 0.29) is 24.0 Å². The van der Waals surface area contributed by atoms with E-state index in [0.717, 1.165) is 11.1 Å². The molecule has 29 heavy (non-hydrogen) atoms. The van der Waals surface area contributed by atoms with Gasteiger partial charge in [-0.2, -0.15) is 5.26 Å². The average molecular weight is 407 g/mol. The summed E-state index contributed by atoms with van der Waals surface area (Å²) in [6.45, 7) is 4.47. The smallest absolute Gasteiger partial charge is 0.231 e. The van der Waals surface area contributed by atoms with Gasteiger partial charge in [0.25, 0.3) is 0 Å². The van der Waals surface area contributed by atoms with Crippen LogP contribution in [-0.4, -0.2) is 28.3 Å². The molecular formula is C23H22N2O3S. The summed E-state index contributed by atoms with van der Waals surface area (Å²) < 4.78 is 5.47. The van der Waals surface area contributed by atoms with E-state index in [1.807, 2.05) is 38.1 Å². The predicted molar refractivity (Wildman–Crippen MR) is 112 cm³/mol. The van der Waals surface area contributed by atoms with Crippen molar-refractivity contribution in [2.75, 3.05) is 12.4 Å². The lowest BCUT2D eigenvalue weighted by Crippen LogP contribution is -2.48. The van der Waals surface area contributed by atoms with Crippen molar-refractivity contribution in [3.05, 3.63) is 75.8 Å². The Morgan fingerprint density at radius 3 is 2.55 bits per heavy atom. The summed E-state index contributed by atoms with van der Waals surface area (Å²) >= 11 is 1.36. The molecule has 6 heteroatoms. The fourth-order valence-electron chi connectivity index (χ4n) is 3.91. The number of carbonyl (C=O) groups excluding carboxylic acids is 1. The Balaban J connectivity index is 1.73. The van der Waals surface area contributed by atoms with Crippen molar-refractivity contribution in [3.8, 4) is 11.8 Å². The number of aryl methyl sites for hydroxylation is 1. The third-order valence-electron chi connectivity index (χ3n) is 5.42. The quantitative estimate of drug-likeness (QED) is 0.830. The number of carbonyl (C=O) groups is 1. The zero-order chi connectivity index (χ0) is 20.6. The number of benzene rings is 2. The second-order valence-electron chi connectivity index (χ2n) is 7.29. The molecular weight excluding hydrogens is 384 g/mol. The van der Waals surface area contributed by atoms with Gasteiger partial charge in [-0.25, -0.2) is 0 Å². The second-order valence-corrected chi connectivity index (χ2v) is 8.25. The molecule has 2 atom stereocenters. The average Bonchev–Trinajstić information content (AvgIpc) is 3.08. The van der Waals surface area contributed by atoms with E-state index in [9.17, 15) is 15.2 Å². The number of nitrogens with zero attached hydrogens (tertiary/aromatic N) is 2. The molecule has 1 fully saturated rings. The van der Waals surface area contributed by atoms with Crippen molar-refractivity contribution in [2.45, 2.75) is 31.9 Å². The molecule has 1 amide bonds. The number of fused-ring (bicyclic) bond motifs is 1. The maximum absolute atomic E-state index is 13.1.